The maximum atomic E-state index is 5.61. The standard InChI is InChI=1S/C15H18N4/c16-15-18-10-7-14(19-15)13-3-1-11(2-4-13)12-5-8-17-9-6-12/h1-4,7,10,12,17H,5-6,8-9H2,(H2,16,18,19). The van der Waals surface area contributed by atoms with E-state index >= 15 is 0 Å². The summed E-state index contributed by atoms with van der Waals surface area (Å²) in [7, 11) is 0. The van der Waals surface area contributed by atoms with Crippen LogP contribution in [0.3, 0.4) is 0 Å². The molecule has 19 heavy (non-hydrogen) atoms. The van der Waals surface area contributed by atoms with E-state index in [0.717, 1.165) is 24.3 Å². The fourth-order valence-electron chi connectivity index (χ4n) is 2.62. The molecule has 1 saturated heterocycles. The molecule has 2 aromatic rings. The normalized spacial score (nSPS) is 16.4. The lowest BCUT2D eigenvalue weighted by molar-refractivity contribution is 0.460. The summed E-state index contributed by atoms with van der Waals surface area (Å²) in [4.78, 5) is 8.16. The summed E-state index contributed by atoms with van der Waals surface area (Å²) in [5.74, 6) is 1.01. The molecule has 3 N–H and O–H groups in total. The van der Waals surface area contributed by atoms with Gasteiger partial charge in [0.25, 0.3) is 0 Å². The van der Waals surface area contributed by atoms with Crippen molar-refractivity contribution in [3.63, 3.8) is 0 Å². The molecule has 3 rings (SSSR count). The van der Waals surface area contributed by atoms with Gasteiger partial charge in [-0.2, -0.15) is 0 Å². The van der Waals surface area contributed by atoms with Crippen molar-refractivity contribution < 1.29 is 0 Å². The number of nitrogens with zero attached hydrogens (tertiary/aromatic N) is 2. The summed E-state index contributed by atoms with van der Waals surface area (Å²) < 4.78 is 0. The van der Waals surface area contributed by atoms with Crippen LogP contribution in [0.1, 0.15) is 24.3 Å². The van der Waals surface area contributed by atoms with Gasteiger partial charge in [0.2, 0.25) is 5.95 Å². The van der Waals surface area contributed by atoms with Crippen molar-refractivity contribution in [2.75, 3.05) is 18.8 Å². The fraction of sp³-hybridized carbons (Fsp3) is 0.333. The highest BCUT2D eigenvalue weighted by molar-refractivity contribution is 5.60. The molecule has 0 unspecified atom stereocenters. The van der Waals surface area contributed by atoms with Crippen molar-refractivity contribution >= 4 is 5.95 Å². The summed E-state index contributed by atoms with van der Waals surface area (Å²) >= 11 is 0. The molecule has 4 nitrogen and oxygen atoms in total. The SMILES string of the molecule is Nc1nccc(-c2ccc(C3CCNCC3)cc2)n1. The third-order valence-corrected chi connectivity index (χ3v) is 3.69. The van der Waals surface area contributed by atoms with Crippen LogP contribution in [0.4, 0.5) is 5.95 Å². The van der Waals surface area contributed by atoms with Crippen molar-refractivity contribution in [3.05, 3.63) is 42.1 Å². The van der Waals surface area contributed by atoms with E-state index in [-0.39, 0.29) is 0 Å². The summed E-state index contributed by atoms with van der Waals surface area (Å²) in [5.41, 5.74) is 9.01. The monoisotopic (exact) mass is 254 g/mol. The Hall–Kier alpha value is -1.94. The quantitative estimate of drug-likeness (QED) is 0.862. The van der Waals surface area contributed by atoms with Gasteiger partial charge in [0.1, 0.15) is 0 Å². The highest BCUT2D eigenvalue weighted by Crippen LogP contribution is 2.27. The van der Waals surface area contributed by atoms with Crippen LogP contribution >= 0.6 is 0 Å². The fourth-order valence-corrected chi connectivity index (χ4v) is 2.62. The van der Waals surface area contributed by atoms with Gasteiger partial charge in [0, 0.05) is 11.8 Å². The molecule has 4 heteroatoms. The zero-order chi connectivity index (χ0) is 13.1. The van der Waals surface area contributed by atoms with Gasteiger partial charge in [-0.05, 0) is 43.5 Å². The predicted octanol–water partition coefficient (Wildman–Crippen LogP) is 2.19. The van der Waals surface area contributed by atoms with E-state index in [4.69, 9.17) is 5.73 Å². The van der Waals surface area contributed by atoms with Crippen LogP contribution in [-0.4, -0.2) is 23.1 Å². The average Bonchev–Trinajstić information content (AvgIpc) is 2.48. The van der Waals surface area contributed by atoms with Crippen LogP contribution in [-0.2, 0) is 0 Å². The van der Waals surface area contributed by atoms with Crippen LogP contribution in [0, 0.1) is 0 Å². The Morgan fingerprint density at radius 1 is 1.05 bits per heavy atom. The van der Waals surface area contributed by atoms with Crippen molar-refractivity contribution in [2.24, 2.45) is 0 Å². The molecule has 0 spiro atoms. The number of hydrogen-bond donors (Lipinski definition) is 2. The Kier molecular flexibility index (Phi) is 3.42. The lowest BCUT2D eigenvalue weighted by Crippen LogP contribution is -2.26. The second-order valence-corrected chi connectivity index (χ2v) is 4.95. The molecule has 1 aromatic heterocycles. The second-order valence-electron chi connectivity index (χ2n) is 4.95. The summed E-state index contributed by atoms with van der Waals surface area (Å²) in [6.07, 6.45) is 4.14. The molecular weight excluding hydrogens is 236 g/mol. The van der Waals surface area contributed by atoms with E-state index < -0.39 is 0 Å². The van der Waals surface area contributed by atoms with Gasteiger partial charge in [0.15, 0.2) is 0 Å². The van der Waals surface area contributed by atoms with E-state index in [1.54, 1.807) is 6.20 Å². The molecule has 1 fully saturated rings. The molecule has 0 saturated carbocycles. The highest BCUT2D eigenvalue weighted by atomic mass is 15.0. The number of aromatic nitrogens is 2. The molecule has 0 radical (unpaired) electrons. The lowest BCUT2D eigenvalue weighted by Gasteiger charge is -2.23. The molecular formula is C15H18N4. The van der Waals surface area contributed by atoms with E-state index in [9.17, 15) is 0 Å². The first-order valence-corrected chi connectivity index (χ1v) is 6.72. The lowest BCUT2D eigenvalue weighted by atomic mass is 9.89. The summed E-state index contributed by atoms with van der Waals surface area (Å²) in [6, 6.07) is 10.6. The minimum absolute atomic E-state index is 0.319. The van der Waals surface area contributed by atoms with Gasteiger partial charge in [0.05, 0.1) is 5.69 Å². The van der Waals surface area contributed by atoms with Gasteiger partial charge in [-0.15, -0.1) is 0 Å². The predicted molar refractivity (Wildman–Crippen MR) is 76.7 cm³/mol. The Balaban J connectivity index is 1.82. The number of anilines is 1. The Bertz CT molecular complexity index is 544. The molecule has 0 aliphatic carbocycles. The number of hydrogen-bond acceptors (Lipinski definition) is 4. The average molecular weight is 254 g/mol. The molecule has 98 valence electrons. The number of nitrogens with one attached hydrogen (secondary N) is 1. The van der Waals surface area contributed by atoms with Crippen LogP contribution < -0.4 is 11.1 Å². The maximum absolute atomic E-state index is 5.61. The zero-order valence-electron chi connectivity index (χ0n) is 10.8. The van der Waals surface area contributed by atoms with Gasteiger partial charge < -0.3 is 11.1 Å². The first-order valence-electron chi connectivity index (χ1n) is 6.72. The number of nitrogens with two attached hydrogens (primary N) is 1. The molecule has 1 aliphatic rings. The van der Waals surface area contributed by atoms with Crippen LogP contribution in [0.5, 0.6) is 0 Å². The van der Waals surface area contributed by atoms with Crippen LogP contribution in [0.2, 0.25) is 0 Å². The first kappa shape index (κ1) is 12.1. The number of rotatable bonds is 2. The number of benzene rings is 1. The Morgan fingerprint density at radius 2 is 1.79 bits per heavy atom. The topological polar surface area (TPSA) is 63.8 Å². The molecule has 1 aliphatic heterocycles. The van der Waals surface area contributed by atoms with Gasteiger partial charge in [-0.3, -0.25) is 0 Å². The van der Waals surface area contributed by atoms with E-state index in [1.165, 1.54) is 18.4 Å². The third-order valence-electron chi connectivity index (χ3n) is 3.69. The van der Waals surface area contributed by atoms with Gasteiger partial charge in [-0.25, -0.2) is 9.97 Å². The minimum atomic E-state index is 0.319. The minimum Gasteiger partial charge on any atom is -0.368 e. The van der Waals surface area contributed by atoms with Crippen molar-refractivity contribution in [3.8, 4) is 11.3 Å². The third kappa shape index (κ3) is 2.74. The molecule has 1 aromatic carbocycles. The van der Waals surface area contributed by atoms with Crippen LogP contribution in [0.25, 0.3) is 11.3 Å². The van der Waals surface area contributed by atoms with E-state index in [2.05, 4.69) is 39.6 Å². The summed E-state index contributed by atoms with van der Waals surface area (Å²) in [5, 5.41) is 3.40. The largest absolute Gasteiger partial charge is 0.368 e. The van der Waals surface area contributed by atoms with Crippen molar-refractivity contribution in [1.29, 1.82) is 0 Å². The number of nitrogen functional groups attached to an aromatic ring is 1. The van der Waals surface area contributed by atoms with Gasteiger partial charge in [-0.1, -0.05) is 24.3 Å². The number of piperidine rings is 1. The first-order chi connectivity index (χ1) is 9.33. The van der Waals surface area contributed by atoms with Gasteiger partial charge >= 0.3 is 0 Å². The summed E-state index contributed by atoms with van der Waals surface area (Å²) in [6.45, 7) is 2.24. The Morgan fingerprint density at radius 3 is 2.47 bits per heavy atom. The second kappa shape index (κ2) is 5.36. The van der Waals surface area contributed by atoms with E-state index in [1.807, 2.05) is 6.07 Å². The highest BCUT2D eigenvalue weighted by Gasteiger charge is 2.14. The molecule has 0 atom stereocenters. The smallest absolute Gasteiger partial charge is 0.220 e. The molecule has 2 heterocycles. The van der Waals surface area contributed by atoms with Crippen molar-refractivity contribution in [1.82, 2.24) is 15.3 Å². The van der Waals surface area contributed by atoms with Crippen LogP contribution in [0.15, 0.2) is 36.5 Å². The zero-order valence-corrected chi connectivity index (χ0v) is 10.8. The Labute approximate surface area is 113 Å². The van der Waals surface area contributed by atoms with Crippen molar-refractivity contribution in [2.45, 2.75) is 18.8 Å². The molecule has 0 bridgehead atoms. The molecule has 0 amide bonds. The maximum Gasteiger partial charge on any atom is 0.220 e. The van der Waals surface area contributed by atoms with E-state index in [0.29, 0.717) is 11.9 Å².